The Balaban J connectivity index is 3.05. The molecular formula is C10H8F3NO4. The normalized spacial score (nSPS) is 11.1. The van der Waals surface area contributed by atoms with E-state index in [0.29, 0.717) is 0 Å². The van der Waals surface area contributed by atoms with Crippen LogP contribution in [0.15, 0.2) is 18.2 Å². The molecule has 1 aromatic rings. The molecule has 0 spiro atoms. The number of alkyl halides is 3. The first-order valence-corrected chi connectivity index (χ1v) is 4.69. The first-order valence-electron chi connectivity index (χ1n) is 4.69. The summed E-state index contributed by atoms with van der Waals surface area (Å²) in [5.74, 6) is -0.956. The number of ether oxygens (including phenoxy) is 1. The van der Waals surface area contributed by atoms with Gasteiger partial charge in [0.25, 0.3) is 0 Å². The lowest BCUT2D eigenvalue weighted by molar-refractivity contribution is -0.386. The third kappa shape index (κ3) is 3.72. The van der Waals surface area contributed by atoms with Crippen molar-refractivity contribution >= 4 is 11.5 Å². The van der Waals surface area contributed by atoms with Crippen LogP contribution >= 0.6 is 0 Å². The molecule has 5 nitrogen and oxygen atoms in total. The Labute approximate surface area is 99.3 Å². The van der Waals surface area contributed by atoms with Crippen LogP contribution in [0.3, 0.4) is 0 Å². The average Bonchev–Trinajstić information content (AvgIpc) is 2.24. The van der Waals surface area contributed by atoms with E-state index in [9.17, 15) is 28.1 Å². The van der Waals surface area contributed by atoms with Crippen molar-refractivity contribution < 1.29 is 27.6 Å². The summed E-state index contributed by atoms with van der Waals surface area (Å²) in [7, 11) is 0. The number of rotatable bonds is 4. The zero-order valence-corrected chi connectivity index (χ0v) is 9.15. The summed E-state index contributed by atoms with van der Waals surface area (Å²) >= 11 is 0. The molecule has 18 heavy (non-hydrogen) atoms. The molecule has 0 amide bonds. The van der Waals surface area contributed by atoms with Gasteiger partial charge in [-0.15, -0.1) is 0 Å². The van der Waals surface area contributed by atoms with Crippen LogP contribution in [0.2, 0.25) is 0 Å². The lowest BCUT2D eigenvalue weighted by Crippen LogP contribution is -2.19. The van der Waals surface area contributed by atoms with Crippen molar-refractivity contribution in [1.29, 1.82) is 0 Å². The number of hydrogen-bond donors (Lipinski definition) is 0. The maximum atomic E-state index is 11.9. The van der Waals surface area contributed by atoms with Crippen LogP contribution < -0.4 is 4.74 Å². The number of nitro groups is 1. The standard InChI is InChI=1S/C10H8F3NO4/c1-6(15)7-2-3-9(8(4-7)14(16)17)18-5-10(11,12)13/h2-4H,5H2,1H3. The molecule has 0 aromatic heterocycles. The van der Waals surface area contributed by atoms with Crippen LogP contribution in [0.25, 0.3) is 0 Å². The number of ketones is 1. The smallest absolute Gasteiger partial charge is 0.422 e. The van der Waals surface area contributed by atoms with Crippen LogP contribution in [-0.2, 0) is 0 Å². The molecule has 0 N–H and O–H groups in total. The van der Waals surface area contributed by atoms with Gasteiger partial charge in [0.2, 0.25) is 0 Å². The van der Waals surface area contributed by atoms with E-state index in [4.69, 9.17) is 0 Å². The number of nitro benzene ring substituents is 1. The molecular weight excluding hydrogens is 255 g/mol. The third-order valence-corrected chi connectivity index (χ3v) is 1.95. The van der Waals surface area contributed by atoms with Crippen LogP contribution in [0, 0.1) is 10.1 Å². The van der Waals surface area contributed by atoms with Gasteiger partial charge in [0.05, 0.1) is 4.92 Å². The topological polar surface area (TPSA) is 69.4 Å². The van der Waals surface area contributed by atoms with E-state index in [0.717, 1.165) is 12.1 Å². The molecule has 0 atom stereocenters. The summed E-state index contributed by atoms with van der Waals surface area (Å²) in [4.78, 5) is 20.8. The second-order valence-corrected chi connectivity index (χ2v) is 3.40. The molecule has 0 fully saturated rings. The van der Waals surface area contributed by atoms with Crippen molar-refractivity contribution in [2.24, 2.45) is 0 Å². The number of carbonyl (C=O) groups is 1. The molecule has 0 saturated carbocycles. The van der Waals surface area contributed by atoms with E-state index in [-0.39, 0.29) is 5.56 Å². The van der Waals surface area contributed by atoms with E-state index in [1.165, 1.54) is 13.0 Å². The molecule has 0 unspecified atom stereocenters. The van der Waals surface area contributed by atoms with Gasteiger partial charge in [0.15, 0.2) is 18.1 Å². The number of hydrogen-bond acceptors (Lipinski definition) is 4. The van der Waals surface area contributed by atoms with Crippen molar-refractivity contribution in [2.75, 3.05) is 6.61 Å². The molecule has 0 aliphatic carbocycles. The predicted octanol–water partition coefficient (Wildman–Crippen LogP) is 2.74. The van der Waals surface area contributed by atoms with Gasteiger partial charge >= 0.3 is 11.9 Å². The minimum absolute atomic E-state index is 0.0288. The SMILES string of the molecule is CC(=O)c1ccc(OCC(F)(F)F)c([N+](=O)[O-])c1. The lowest BCUT2D eigenvalue weighted by atomic mass is 10.1. The molecule has 0 heterocycles. The summed E-state index contributed by atoms with van der Waals surface area (Å²) in [6.07, 6.45) is -4.59. The third-order valence-electron chi connectivity index (χ3n) is 1.95. The van der Waals surface area contributed by atoms with E-state index >= 15 is 0 Å². The van der Waals surface area contributed by atoms with Gasteiger partial charge in [-0.3, -0.25) is 14.9 Å². The van der Waals surface area contributed by atoms with Gasteiger partial charge < -0.3 is 4.74 Å². The molecule has 0 bridgehead atoms. The van der Waals surface area contributed by atoms with E-state index < -0.39 is 34.9 Å². The first-order chi connectivity index (χ1) is 8.20. The fourth-order valence-electron chi connectivity index (χ4n) is 1.16. The van der Waals surface area contributed by atoms with Crippen molar-refractivity contribution in [1.82, 2.24) is 0 Å². The highest BCUT2D eigenvalue weighted by atomic mass is 19.4. The first kappa shape index (κ1) is 13.9. The Morgan fingerprint density at radius 3 is 2.50 bits per heavy atom. The molecule has 1 rings (SSSR count). The van der Waals surface area contributed by atoms with E-state index in [2.05, 4.69) is 4.74 Å². The highest BCUT2D eigenvalue weighted by Crippen LogP contribution is 2.29. The second-order valence-electron chi connectivity index (χ2n) is 3.40. The Morgan fingerprint density at radius 2 is 2.06 bits per heavy atom. The van der Waals surface area contributed by atoms with Crippen molar-refractivity contribution in [2.45, 2.75) is 13.1 Å². The zero-order chi connectivity index (χ0) is 13.9. The number of benzene rings is 1. The molecule has 0 aliphatic rings. The predicted molar refractivity (Wildman–Crippen MR) is 54.7 cm³/mol. The number of Topliss-reactive ketones (excluding diaryl/α,β-unsaturated/α-hetero) is 1. The Bertz CT molecular complexity index is 485. The molecule has 1 aromatic carbocycles. The molecule has 0 saturated heterocycles. The quantitative estimate of drug-likeness (QED) is 0.475. The summed E-state index contributed by atoms with van der Waals surface area (Å²) < 4.78 is 40.1. The Morgan fingerprint density at radius 1 is 1.44 bits per heavy atom. The molecule has 0 radical (unpaired) electrons. The highest BCUT2D eigenvalue weighted by molar-refractivity contribution is 5.95. The number of halogens is 3. The van der Waals surface area contributed by atoms with Crippen molar-refractivity contribution in [3.63, 3.8) is 0 Å². The Kier molecular flexibility index (Phi) is 3.89. The van der Waals surface area contributed by atoms with Crippen LogP contribution in [-0.4, -0.2) is 23.5 Å². The maximum Gasteiger partial charge on any atom is 0.422 e. The summed E-state index contributed by atoms with van der Waals surface area (Å²) in [5, 5.41) is 10.7. The lowest BCUT2D eigenvalue weighted by Gasteiger charge is -2.09. The van der Waals surface area contributed by atoms with Gasteiger partial charge in [-0.25, -0.2) is 0 Å². The Hall–Kier alpha value is -2.12. The molecule has 8 heteroatoms. The minimum atomic E-state index is -4.59. The second kappa shape index (κ2) is 5.03. The summed E-state index contributed by atoms with van der Waals surface area (Å²) in [6.45, 7) is -0.442. The fourth-order valence-corrected chi connectivity index (χ4v) is 1.16. The summed E-state index contributed by atoms with van der Waals surface area (Å²) in [6, 6.07) is 3.02. The van der Waals surface area contributed by atoms with Gasteiger partial charge in [0, 0.05) is 11.6 Å². The largest absolute Gasteiger partial charge is 0.477 e. The van der Waals surface area contributed by atoms with E-state index in [1.807, 2.05) is 0 Å². The number of carbonyl (C=O) groups excluding carboxylic acids is 1. The average molecular weight is 263 g/mol. The van der Waals surface area contributed by atoms with Crippen LogP contribution in [0.1, 0.15) is 17.3 Å². The van der Waals surface area contributed by atoms with Crippen LogP contribution in [0.5, 0.6) is 5.75 Å². The monoisotopic (exact) mass is 263 g/mol. The molecule has 98 valence electrons. The van der Waals surface area contributed by atoms with Crippen molar-refractivity contribution in [3.8, 4) is 5.75 Å². The zero-order valence-electron chi connectivity index (χ0n) is 9.15. The maximum absolute atomic E-state index is 11.9. The van der Waals surface area contributed by atoms with Crippen LogP contribution in [0.4, 0.5) is 18.9 Å². The fraction of sp³-hybridized carbons (Fsp3) is 0.300. The van der Waals surface area contributed by atoms with Gasteiger partial charge in [-0.2, -0.15) is 13.2 Å². The molecule has 0 aliphatic heterocycles. The highest BCUT2D eigenvalue weighted by Gasteiger charge is 2.30. The van der Waals surface area contributed by atoms with Gasteiger partial charge in [-0.1, -0.05) is 0 Å². The summed E-state index contributed by atoms with van der Waals surface area (Å²) in [5.41, 5.74) is -0.645. The number of nitrogens with zero attached hydrogens (tertiary/aromatic N) is 1. The minimum Gasteiger partial charge on any atom is -0.477 e. The van der Waals surface area contributed by atoms with Gasteiger partial charge in [0.1, 0.15) is 0 Å². The van der Waals surface area contributed by atoms with E-state index in [1.54, 1.807) is 0 Å². The van der Waals surface area contributed by atoms with Gasteiger partial charge in [-0.05, 0) is 19.1 Å². The van der Waals surface area contributed by atoms with Crippen molar-refractivity contribution in [3.05, 3.63) is 33.9 Å².